The van der Waals surface area contributed by atoms with Crippen molar-refractivity contribution < 1.29 is 14.7 Å². The van der Waals surface area contributed by atoms with Gasteiger partial charge in [0.25, 0.3) is 0 Å². The van der Waals surface area contributed by atoms with Crippen molar-refractivity contribution in [2.45, 2.75) is 6.92 Å². The Morgan fingerprint density at radius 2 is 2.19 bits per heavy atom. The maximum absolute atomic E-state index is 11.8. The minimum atomic E-state index is -1.02. The molecule has 0 saturated carbocycles. The fourth-order valence-electron chi connectivity index (χ4n) is 1.68. The zero-order valence-electron chi connectivity index (χ0n) is 11.3. The third kappa shape index (κ3) is 3.50. The van der Waals surface area contributed by atoms with E-state index in [0.29, 0.717) is 15.7 Å². The lowest BCUT2D eigenvalue weighted by molar-refractivity contribution is -0.111. The number of thiophene rings is 1. The molecule has 1 amide bonds. The van der Waals surface area contributed by atoms with Gasteiger partial charge in [0.2, 0.25) is 5.91 Å². The summed E-state index contributed by atoms with van der Waals surface area (Å²) >= 11 is 7.04. The number of anilines is 1. The Morgan fingerprint density at radius 3 is 2.71 bits per heavy atom. The Labute approximate surface area is 129 Å². The van der Waals surface area contributed by atoms with Crippen LogP contribution in [0.2, 0.25) is 5.15 Å². The monoisotopic (exact) mass is 325 g/mol. The molecule has 2 heterocycles. The molecule has 0 atom stereocenters. The molecule has 0 aromatic carbocycles. The van der Waals surface area contributed by atoms with Gasteiger partial charge in [0.05, 0.1) is 10.7 Å². The van der Waals surface area contributed by atoms with E-state index in [1.807, 2.05) is 0 Å². The number of aryl methyl sites for hydroxylation is 2. The van der Waals surface area contributed by atoms with Crippen LogP contribution in [0, 0.1) is 6.92 Å². The van der Waals surface area contributed by atoms with Crippen LogP contribution in [0.3, 0.4) is 0 Å². The van der Waals surface area contributed by atoms with Gasteiger partial charge in [-0.1, -0.05) is 11.6 Å². The number of nitrogens with zero attached hydrogens (tertiary/aromatic N) is 2. The smallest absolute Gasteiger partial charge is 0.345 e. The van der Waals surface area contributed by atoms with Gasteiger partial charge in [0.1, 0.15) is 10.0 Å². The minimum Gasteiger partial charge on any atom is -0.477 e. The number of hydrogen-bond donors (Lipinski definition) is 2. The molecule has 0 saturated heterocycles. The van der Waals surface area contributed by atoms with E-state index in [-0.39, 0.29) is 10.8 Å². The maximum Gasteiger partial charge on any atom is 0.345 e. The molecule has 8 heteroatoms. The number of aromatic carboxylic acids is 1. The van der Waals surface area contributed by atoms with Gasteiger partial charge in [0, 0.05) is 18.7 Å². The summed E-state index contributed by atoms with van der Waals surface area (Å²) in [4.78, 5) is 22.7. The summed E-state index contributed by atoms with van der Waals surface area (Å²) in [6.45, 7) is 1.79. The van der Waals surface area contributed by atoms with E-state index in [1.165, 1.54) is 16.8 Å². The van der Waals surface area contributed by atoms with E-state index in [2.05, 4.69) is 10.4 Å². The second-order valence-electron chi connectivity index (χ2n) is 4.21. The Kier molecular flexibility index (Phi) is 4.44. The predicted octanol–water partition coefficient (Wildman–Crippen LogP) is 2.79. The number of nitrogens with one attached hydrogen (secondary N) is 1. The summed E-state index contributed by atoms with van der Waals surface area (Å²) in [7, 11) is 1.71. The van der Waals surface area contributed by atoms with Crippen molar-refractivity contribution >= 4 is 45.9 Å². The van der Waals surface area contributed by atoms with Crippen LogP contribution in [0.1, 0.15) is 20.9 Å². The highest BCUT2D eigenvalue weighted by atomic mass is 35.5. The Morgan fingerprint density at radius 1 is 1.48 bits per heavy atom. The number of hydrogen-bond acceptors (Lipinski definition) is 4. The van der Waals surface area contributed by atoms with E-state index < -0.39 is 5.97 Å². The highest BCUT2D eigenvalue weighted by Crippen LogP contribution is 2.22. The number of rotatable bonds is 4. The number of carboxylic acid groups (broad SMARTS) is 1. The van der Waals surface area contributed by atoms with Crippen LogP contribution in [0.5, 0.6) is 0 Å². The number of aromatic nitrogens is 2. The summed E-state index contributed by atoms with van der Waals surface area (Å²) in [5.41, 5.74) is 1.39. The zero-order valence-corrected chi connectivity index (χ0v) is 12.8. The fourth-order valence-corrected chi connectivity index (χ4v) is 2.66. The molecule has 0 spiro atoms. The van der Waals surface area contributed by atoms with Crippen LogP contribution in [0.4, 0.5) is 5.00 Å². The van der Waals surface area contributed by atoms with E-state index in [9.17, 15) is 9.59 Å². The first-order chi connectivity index (χ1) is 9.88. The van der Waals surface area contributed by atoms with Gasteiger partial charge in [-0.2, -0.15) is 5.10 Å². The molecule has 2 aromatic rings. The molecule has 2 aromatic heterocycles. The second kappa shape index (κ2) is 6.11. The van der Waals surface area contributed by atoms with Crippen LogP contribution in [-0.4, -0.2) is 26.8 Å². The highest BCUT2D eigenvalue weighted by molar-refractivity contribution is 7.18. The number of carboxylic acids is 1. The first-order valence-corrected chi connectivity index (χ1v) is 7.09. The van der Waals surface area contributed by atoms with Gasteiger partial charge in [-0.05, 0) is 25.1 Å². The van der Waals surface area contributed by atoms with Crippen molar-refractivity contribution in [3.05, 3.63) is 39.5 Å². The molecule has 0 unspecified atom stereocenters. The molecular weight excluding hydrogens is 314 g/mol. The van der Waals surface area contributed by atoms with Crippen LogP contribution in [-0.2, 0) is 11.8 Å². The first-order valence-electron chi connectivity index (χ1n) is 5.89. The molecule has 0 aliphatic rings. The van der Waals surface area contributed by atoms with Gasteiger partial charge in [-0.15, -0.1) is 11.3 Å². The van der Waals surface area contributed by atoms with E-state index >= 15 is 0 Å². The van der Waals surface area contributed by atoms with Crippen LogP contribution < -0.4 is 5.32 Å². The average Bonchev–Trinajstić information content (AvgIpc) is 2.95. The number of carbonyl (C=O) groups is 2. The van der Waals surface area contributed by atoms with E-state index in [1.54, 1.807) is 26.1 Å². The Balaban J connectivity index is 2.07. The third-order valence-electron chi connectivity index (χ3n) is 2.66. The molecule has 0 aliphatic heterocycles. The average molecular weight is 326 g/mol. The largest absolute Gasteiger partial charge is 0.477 e. The number of carbonyl (C=O) groups excluding carboxylic acids is 1. The van der Waals surface area contributed by atoms with Crippen molar-refractivity contribution in [3.8, 4) is 0 Å². The quantitative estimate of drug-likeness (QED) is 0.847. The molecule has 0 fully saturated rings. The van der Waals surface area contributed by atoms with Crippen molar-refractivity contribution in [3.63, 3.8) is 0 Å². The number of halogens is 1. The SMILES string of the molecule is Cc1nn(C)c(Cl)c1/C=C/C(=O)Nc1ccc(C(=O)O)s1. The van der Waals surface area contributed by atoms with Crippen molar-refractivity contribution in [1.29, 1.82) is 0 Å². The fraction of sp³-hybridized carbons (Fsp3) is 0.154. The molecular formula is C13H12ClN3O3S. The van der Waals surface area contributed by atoms with Gasteiger partial charge in [-0.25, -0.2) is 4.79 Å². The topological polar surface area (TPSA) is 84.2 Å². The first kappa shape index (κ1) is 15.3. The molecule has 21 heavy (non-hydrogen) atoms. The molecule has 110 valence electrons. The van der Waals surface area contributed by atoms with Crippen LogP contribution in [0.15, 0.2) is 18.2 Å². The van der Waals surface area contributed by atoms with Crippen LogP contribution in [0.25, 0.3) is 6.08 Å². The van der Waals surface area contributed by atoms with Crippen molar-refractivity contribution in [1.82, 2.24) is 9.78 Å². The Bertz CT molecular complexity index is 733. The third-order valence-corrected chi connectivity index (χ3v) is 4.10. The predicted molar refractivity (Wildman–Crippen MR) is 81.9 cm³/mol. The van der Waals surface area contributed by atoms with E-state index in [0.717, 1.165) is 17.0 Å². The van der Waals surface area contributed by atoms with Crippen LogP contribution >= 0.6 is 22.9 Å². The van der Waals surface area contributed by atoms with Crippen molar-refractivity contribution in [2.24, 2.45) is 7.05 Å². The van der Waals surface area contributed by atoms with Gasteiger partial charge >= 0.3 is 5.97 Å². The molecule has 0 aliphatic carbocycles. The lowest BCUT2D eigenvalue weighted by atomic mass is 10.2. The lowest BCUT2D eigenvalue weighted by Gasteiger charge is -1.97. The summed E-state index contributed by atoms with van der Waals surface area (Å²) < 4.78 is 1.52. The van der Waals surface area contributed by atoms with Gasteiger partial charge in [0.15, 0.2) is 0 Å². The highest BCUT2D eigenvalue weighted by Gasteiger charge is 2.10. The summed E-state index contributed by atoms with van der Waals surface area (Å²) in [5.74, 6) is -1.39. The summed E-state index contributed by atoms with van der Waals surface area (Å²) in [6, 6.07) is 2.98. The molecule has 2 rings (SSSR count). The summed E-state index contributed by atoms with van der Waals surface area (Å²) in [6.07, 6.45) is 2.90. The Hall–Kier alpha value is -2.12. The maximum atomic E-state index is 11.8. The zero-order chi connectivity index (χ0) is 15.6. The van der Waals surface area contributed by atoms with Crippen molar-refractivity contribution in [2.75, 3.05) is 5.32 Å². The van der Waals surface area contributed by atoms with E-state index in [4.69, 9.17) is 16.7 Å². The lowest BCUT2D eigenvalue weighted by Crippen LogP contribution is -2.06. The minimum absolute atomic E-state index is 0.167. The van der Waals surface area contributed by atoms with Gasteiger partial charge in [-0.3, -0.25) is 9.48 Å². The standard InChI is InChI=1S/C13H12ClN3O3S/c1-7-8(12(14)17(2)16-7)3-5-10(18)15-11-6-4-9(21-11)13(19)20/h3-6H,1-2H3,(H,15,18)(H,19,20)/b5-3+. The molecule has 0 radical (unpaired) electrons. The normalized spacial score (nSPS) is 11.0. The molecule has 6 nitrogen and oxygen atoms in total. The second-order valence-corrected chi connectivity index (χ2v) is 5.65. The summed E-state index contributed by atoms with van der Waals surface area (Å²) in [5, 5.41) is 16.4. The number of amides is 1. The van der Waals surface area contributed by atoms with Gasteiger partial charge < -0.3 is 10.4 Å². The molecule has 2 N–H and O–H groups in total. The molecule has 0 bridgehead atoms.